The maximum atomic E-state index is 5.55. The van der Waals surface area contributed by atoms with Crippen molar-refractivity contribution in [1.82, 2.24) is 19.4 Å². The number of rotatable bonds is 5. The minimum atomic E-state index is 0.354. The van der Waals surface area contributed by atoms with Crippen molar-refractivity contribution in [2.45, 2.75) is 52.6 Å². The van der Waals surface area contributed by atoms with Gasteiger partial charge < -0.3 is 8.98 Å². The zero-order valence-corrected chi connectivity index (χ0v) is 13.8. The number of aryl methyl sites for hydroxylation is 1. The van der Waals surface area contributed by atoms with Gasteiger partial charge in [0.15, 0.2) is 5.89 Å². The van der Waals surface area contributed by atoms with E-state index in [0.29, 0.717) is 11.8 Å². The molecular formula is C17H26N4O. The van der Waals surface area contributed by atoms with Crippen LogP contribution in [0.2, 0.25) is 0 Å². The Morgan fingerprint density at radius 2 is 2.27 bits per heavy atom. The monoisotopic (exact) mass is 302 g/mol. The molecule has 0 bridgehead atoms. The van der Waals surface area contributed by atoms with Gasteiger partial charge in [0.2, 0.25) is 0 Å². The number of aromatic nitrogens is 3. The molecule has 1 aliphatic rings. The average Bonchev–Trinajstić information content (AvgIpc) is 3.10. The summed E-state index contributed by atoms with van der Waals surface area (Å²) in [6.45, 7) is 10.5. The number of likely N-dealkylation sites (tertiary alicyclic amines) is 1. The third-order valence-corrected chi connectivity index (χ3v) is 4.43. The molecule has 1 fully saturated rings. The molecule has 1 aliphatic heterocycles. The van der Waals surface area contributed by atoms with E-state index in [1.807, 2.05) is 12.5 Å². The third-order valence-electron chi connectivity index (χ3n) is 4.43. The predicted octanol–water partition coefficient (Wildman–Crippen LogP) is 3.22. The first-order valence-corrected chi connectivity index (χ1v) is 8.26. The van der Waals surface area contributed by atoms with Crippen molar-refractivity contribution in [1.29, 1.82) is 0 Å². The Morgan fingerprint density at radius 1 is 1.41 bits per heavy atom. The fraction of sp³-hybridized carbons (Fsp3) is 0.647. The van der Waals surface area contributed by atoms with E-state index in [9.17, 15) is 0 Å². The summed E-state index contributed by atoms with van der Waals surface area (Å²) in [5.74, 6) is 3.00. The Balaban J connectivity index is 1.57. The molecule has 0 radical (unpaired) electrons. The number of piperidine rings is 1. The van der Waals surface area contributed by atoms with Gasteiger partial charge >= 0.3 is 0 Å². The van der Waals surface area contributed by atoms with Gasteiger partial charge in [-0.25, -0.2) is 9.97 Å². The summed E-state index contributed by atoms with van der Waals surface area (Å²) in [4.78, 5) is 11.4. The van der Waals surface area contributed by atoms with Crippen molar-refractivity contribution in [3.8, 4) is 0 Å². The van der Waals surface area contributed by atoms with E-state index in [-0.39, 0.29) is 0 Å². The molecule has 22 heavy (non-hydrogen) atoms. The summed E-state index contributed by atoms with van der Waals surface area (Å²) in [5, 5.41) is 0. The van der Waals surface area contributed by atoms with Crippen molar-refractivity contribution in [3.05, 3.63) is 36.1 Å². The van der Waals surface area contributed by atoms with Crippen LogP contribution < -0.4 is 0 Å². The van der Waals surface area contributed by atoms with Crippen LogP contribution in [0.25, 0.3) is 0 Å². The van der Waals surface area contributed by atoms with Gasteiger partial charge in [0, 0.05) is 37.9 Å². The number of hydrogen-bond acceptors (Lipinski definition) is 4. The molecule has 1 atom stereocenters. The van der Waals surface area contributed by atoms with Crippen LogP contribution in [0.5, 0.6) is 0 Å². The van der Waals surface area contributed by atoms with Crippen LogP contribution in [0, 0.1) is 12.8 Å². The summed E-state index contributed by atoms with van der Waals surface area (Å²) in [6.07, 6.45) is 8.34. The Kier molecular flexibility index (Phi) is 4.62. The van der Waals surface area contributed by atoms with Gasteiger partial charge in [-0.2, -0.15) is 0 Å². The molecule has 2 aromatic heterocycles. The second kappa shape index (κ2) is 6.65. The molecule has 120 valence electrons. The molecule has 1 saturated heterocycles. The summed E-state index contributed by atoms with van der Waals surface area (Å²) in [5.41, 5.74) is 1.06. The first-order chi connectivity index (χ1) is 10.6. The highest BCUT2D eigenvalue weighted by Crippen LogP contribution is 2.21. The predicted molar refractivity (Wildman–Crippen MR) is 85.6 cm³/mol. The fourth-order valence-electron chi connectivity index (χ4n) is 3.21. The lowest BCUT2D eigenvalue weighted by molar-refractivity contribution is 0.154. The van der Waals surface area contributed by atoms with Gasteiger partial charge in [-0.15, -0.1) is 0 Å². The standard InChI is InChI=1S/C17H26N4O/c1-13(2)17-19-16(12-22-17)11-20-7-4-5-15(9-20)10-21-8-6-18-14(21)3/h6,8,12-13,15H,4-5,7,9-11H2,1-3H3/t15-/m0/s1. The first kappa shape index (κ1) is 15.3. The highest BCUT2D eigenvalue weighted by atomic mass is 16.3. The second-order valence-corrected chi connectivity index (χ2v) is 6.70. The Labute approximate surface area is 132 Å². The number of oxazole rings is 1. The molecule has 0 N–H and O–H groups in total. The quantitative estimate of drug-likeness (QED) is 0.851. The van der Waals surface area contributed by atoms with Crippen LogP contribution in [-0.4, -0.2) is 32.5 Å². The molecule has 0 aliphatic carbocycles. The van der Waals surface area contributed by atoms with E-state index in [4.69, 9.17) is 4.42 Å². The number of nitrogens with zero attached hydrogens (tertiary/aromatic N) is 4. The van der Waals surface area contributed by atoms with E-state index in [2.05, 4.69) is 46.4 Å². The SMILES string of the molecule is Cc1nccn1C[C@H]1CCCN(Cc2coc(C(C)C)n2)C1. The van der Waals surface area contributed by atoms with Crippen LogP contribution in [0.1, 0.15) is 50.0 Å². The van der Waals surface area contributed by atoms with E-state index in [1.54, 1.807) is 0 Å². The largest absolute Gasteiger partial charge is 0.448 e. The Morgan fingerprint density at radius 3 is 2.95 bits per heavy atom. The van der Waals surface area contributed by atoms with E-state index >= 15 is 0 Å². The topological polar surface area (TPSA) is 47.1 Å². The van der Waals surface area contributed by atoms with Crippen molar-refractivity contribution in [2.24, 2.45) is 5.92 Å². The Bertz CT molecular complexity index is 601. The zero-order valence-electron chi connectivity index (χ0n) is 13.8. The van der Waals surface area contributed by atoms with Gasteiger partial charge in [-0.1, -0.05) is 13.8 Å². The lowest BCUT2D eigenvalue weighted by atomic mass is 9.98. The average molecular weight is 302 g/mol. The highest BCUT2D eigenvalue weighted by molar-refractivity contribution is 4.99. The summed E-state index contributed by atoms with van der Waals surface area (Å²) >= 11 is 0. The van der Waals surface area contributed by atoms with Gasteiger partial charge in [0.05, 0.1) is 5.69 Å². The van der Waals surface area contributed by atoms with Gasteiger partial charge in [0.25, 0.3) is 0 Å². The number of imidazole rings is 1. The molecule has 2 aromatic rings. The first-order valence-electron chi connectivity index (χ1n) is 8.26. The maximum Gasteiger partial charge on any atom is 0.196 e. The summed E-state index contributed by atoms with van der Waals surface area (Å²) < 4.78 is 7.81. The molecule has 0 amide bonds. The Hall–Kier alpha value is -1.62. The van der Waals surface area contributed by atoms with E-state index in [0.717, 1.165) is 43.6 Å². The van der Waals surface area contributed by atoms with Crippen molar-refractivity contribution < 1.29 is 4.42 Å². The number of hydrogen-bond donors (Lipinski definition) is 0. The van der Waals surface area contributed by atoms with E-state index in [1.165, 1.54) is 12.8 Å². The van der Waals surface area contributed by atoms with Crippen molar-refractivity contribution in [2.75, 3.05) is 13.1 Å². The molecule has 0 spiro atoms. The van der Waals surface area contributed by atoms with Crippen LogP contribution in [0.4, 0.5) is 0 Å². The molecule has 3 heterocycles. The molecule has 5 nitrogen and oxygen atoms in total. The third kappa shape index (κ3) is 3.58. The molecule has 0 saturated carbocycles. The summed E-state index contributed by atoms with van der Waals surface area (Å²) in [6, 6.07) is 0. The smallest absolute Gasteiger partial charge is 0.196 e. The molecular weight excluding hydrogens is 276 g/mol. The van der Waals surface area contributed by atoms with E-state index < -0.39 is 0 Å². The normalized spacial score (nSPS) is 19.9. The van der Waals surface area contributed by atoms with Crippen LogP contribution in [0.15, 0.2) is 23.1 Å². The van der Waals surface area contributed by atoms with Crippen LogP contribution in [-0.2, 0) is 13.1 Å². The van der Waals surface area contributed by atoms with Crippen molar-refractivity contribution >= 4 is 0 Å². The molecule has 5 heteroatoms. The minimum absolute atomic E-state index is 0.354. The molecule has 3 rings (SSSR count). The lowest BCUT2D eigenvalue weighted by Crippen LogP contribution is -2.36. The van der Waals surface area contributed by atoms with Crippen LogP contribution >= 0.6 is 0 Å². The van der Waals surface area contributed by atoms with Gasteiger partial charge in [-0.05, 0) is 32.2 Å². The molecule has 0 aromatic carbocycles. The lowest BCUT2D eigenvalue weighted by Gasteiger charge is -2.32. The van der Waals surface area contributed by atoms with Gasteiger partial charge in [-0.3, -0.25) is 4.90 Å². The zero-order chi connectivity index (χ0) is 15.5. The highest BCUT2D eigenvalue weighted by Gasteiger charge is 2.21. The summed E-state index contributed by atoms with van der Waals surface area (Å²) in [7, 11) is 0. The second-order valence-electron chi connectivity index (χ2n) is 6.70. The minimum Gasteiger partial charge on any atom is -0.448 e. The van der Waals surface area contributed by atoms with Crippen molar-refractivity contribution in [3.63, 3.8) is 0 Å². The fourth-order valence-corrected chi connectivity index (χ4v) is 3.21. The van der Waals surface area contributed by atoms with Crippen LogP contribution in [0.3, 0.4) is 0 Å². The molecule has 0 unspecified atom stereocenters. The maximum absolute atomic E-state index is 5.55. The van der Waals surface area contributed by atoms with Gasteiger partial charge in [0.1, 0.15) is 12.1 Å².